The van der Waals surface area contributed by atoms with Crippen LogP contribution >= 0.6 is 11.6 Å². The van der Waals surface area contributed by atoms with E-state index < -0.39 is 41.8 Å². The molecule has 0 fully saturated rings. The molecule has 52 heavy (non-hydrogen) atoms. The summed E-state index contributed by atoms with van der Waals surface area (Å²) in [6.07, 6.45) is 0.457. The van der Waals surface area contributed by atoms with Gasteiger partial charge in [-0.25, -0.2) is 4.79 Å². The van der Waals surface area contributed by atoms with Crippen LogP contribution in [0.25, 0.3) is 10.8 Å². The first-order valence-electron chi connectivity index (χ1n) is 17.9. The first-order valence-corrected chi connectivity index (χ1v) is 18.3. The lowest BCUT2D eigenvalue weighted by Crippen LogP contribution is -2.58. The van der Waals surface area contributed by atoms with Gasteiger partial charge < -0.3 is 25.5 Å². The minimum atomic E-state index is -1.16. The zero-order chi connectivity index (χ0) is 37.8. The number of nitrogens with one attached hydrogen (secondary N) is 2. The molecule has 0 bridgehead atoms. The molecule has 4 aromatic rings. The summed E-state index contributed by atoms with van der Waals surface area (Å²) in [5.41, 5.74) is 2.60. The molecule has 0 aliphatic carbocycles. The number of benzene rings is 4. The minimum Gasteiger partial charge on any atom is -0.480 e. The monoisotopic (exact) mass is 726 g/mol. The number of carbonyl (C=O) groups excluding carboxylic acids is 3. The number of amides is 3. The van der Waals surface area contributed by atoms with Crippen LogP contribution in [-0.2, 0) is 38.6 Å². The van der Waals surface area contributed by atoms with Crippen molar-refractivity contribution in [2.24, 2.45) is 11.8 Å². The predicted molar refractivity (Wildman–Crippen MR) is 207 cm³/mol. The Morgan fingerprint density at radius 3 is 2.06 bits per heavy atom. The highest BCUT2D eigenvalue weighted by atomic mass is 35.5. The highest BCUT2D eigenvalue weighted by molar-refractivity contribution is 6.31. The fourth-order valence-electron chi connectivity index (χ4n) is 6.37. The molecule has 0 aliphatic rings. The van der Waals surface area contributed by atoms with Gasteiger partial charge in [0.1, 0.15) is 18.1 Å². The van der Waals surface area contributed by atoms with Gasteiger partial charge in [-0.15, -0.1) is 0 Å². The summed E-state index contributed by atoms with van der Waals surface area (Å²) in [5.74, 6) is -2.88. The molecule has 3 amide bonds. The summed E-state index contributed by atoms with van der Waals surface area (Å²) >= 11 is 6.48. The lowest BCUT2D eigenvalue weighted by Gasteiger charge is -2.35. The van der Waals surface area contributed by atoms with E-state index in [4.69, 9.17) is 11.6 Å². The molecule has 0 aromatic heterocycles. The molecule has 3 unspecified atom stereocenters. The first kappa shape index (κ1) is 40.0. The van der Waals surface area contributed by atoms with Crippen molar-refractivity contribution in [3.05, 3.63) is 119 Å². The molecular weight excluding hydrogens is 676 g/mol. The summed E-state index contributed by atoms with van der Waals surface area (Å²) in [5, 5.41) is 17.9. The van der Waals surface area contributed by atoms with Crippen molar-refractivity contribution < 1.29 is 24.3 Å². The van der Waals surface area contributed by atoms with Crippen molar-refractivity contribution in [1.82, 2.24) is 20.4 Å². The average Bonchev–Trinajstić information content (AvgIpc) is 3.10. The maximum absolute atomic E-state index is 14.6. The van der Waals surface area contributed by atoms with E-state index in [1.807, 2.05) is 99.8 Å². The normalized spacial score (nSPS) is 13.2. The van der Waals surface area contributed by atoms with Crippen molar-refractivity contribution in [2.45, 2.75) is 71.6 Å². The summed E-state index contributed by atoms with van der Waals surface area (Å²) in [4.78, 5) is 58.6. The van der Waals surface area contributed by atoms with Crippen LogP contribution in [0.4, 0.5) is 0 Å². The summed E-state index contributed by atoms with van der Waals surface area (Å²) in [6.45, 7) is 8.80. The van der Waals surface area contributed by atoms with Crippen molar-refractivity contribution in [3.8, 4) is 0 Å². The lowest BCUT2D eigenvalue weighted by molar-refractivity contribution is -0.144. The van der Waals surface area contributed by atoms with Crippen LogP contribution in [0.5, 0.6) is 0 Å². The number of fused-ring (bicyclic) bond motifs is 1. The third-order valence-corrected chi connectivity index (χ3v) is 9.55. The van der Waals surface area contributed by atoms with Gasteiger partial charge in [0.15, 0.2) is 0 Å². The minimum absolute atomic E-state index is 0.00144. The molecule has 0 saturated heterocycles. The van der Waals surface area contributed by atoms with E-state index in [9.17, 15) is 24.3 Å². The number of hydrogen-bond donors (Lipinski definition) is 3. The predicted octanol–water partition coefficient (Wildman–Crippen LogP) is 6.36. The molecule has 276 valence electrons. The lowest BCUT2D eigenvalue weighted by atomic mass is 9.96. The van der Waals surface area contributed by atoms with Gasteiger partial charge >= 0.3 is 5.97 Å². The number of halogens is 1. The van der Waals surface area contributed by atoms with E-state index in [0.717, 1.165) is 21.9 Å². The van der Waals surface area contributed by atoms with E-state index in [-0.39, 0.29) is 31.2 Å². The van der Waals surface area contributed by atoms with E-state index in [1.54, 1.807) is 36.9 Å². The van der Waals surface area contributed by atoms with E-state index in [1.165, 1.54) is 0 Å². The number of carboxylic acids is 1. The number of rotatable bonds is 18. The van der Waals surface area contributed by atoms with Crippen LogP contribution in [0.15, 0.2) is 97.1 Å². The third kappa shape index (κ3) is 11.4. The Labute approximate surface area is 312 Å². The Hall–Kier alpha value is -4.73. The fraction of sp³-hybridized carbons (Fsp3) is 0.381. The highest BCUT2D eigenvalue weighted by Gasteiger charge is 2.35. The van der Waals surface area contributed by atoms with E-state index >= 15 is 0 Å². The second-order valence-corrected chi connectivity index (χ2v) is 14.6. The number of nitrogens with zero attached hydrogens (tertiary/aromatic N) is 2. The van der Waals surface area contributed by atoms with Gasteiger partial charge in [0.05, 0.1) is 6.42 Å². The van der Waals surface area contributed by atoms with Gasteiger partial charge in [-0.05, 0) is 58.8 Å². The van der Waals surface area contributed by atoms with Gasteiger partial charge in [0.2, 0.25) is 17.7 Å². The maximum atomic E-state index is 14.6. The van der Waals surface area contributed by atoms with Crippen LogP contribution in [-0.4, -0.2) is 76.9 Å². The number of carbonyl (C=O) groups is 4. The second-order valence-electron chi connectivity index (χ2n) is 14.2. The Morgan fingerprint density at radius 1 is 0.750 bits per heavy atom. The number of likely N-dealkylation sites (N-methyl/N-ethyl adjacent to an activating group) is 1. The van der Waals surface area contributed by atoms with Gasteiger partial charge in [0.25, 0.3) is 0 Å². The number of aliphatic carboxylic acids is 1. The van der Waals surface area contributed by atoms with Gasteiger partial charge in [-0.1, -0.05) is 130 Å². The first-order chi connectivity index (χ1) is 24.8. The number of carboxylic acid groups (broad SMARTS) is 1. The molecule has 4 rings (SSSR count). The summed E-state index contributed by atoms with van der Waals surface area (Å²) in [7, 11) is 1.97. The molecule has 9 nitrogen and oxygen atoms in total. The second kappa shape index (κ2) is 19.2. The van der Waals surface area contributed by atoms with E-state index in [0.29, 0.717) is 30.1 Å². The topological polar surface area (TPSA) is 119 Å². The van der Waals surface area contributed by atoms with Crippen molar-refractivity contribution in [2.75, 3.05) is 20.1 Å². The molecule has 0 saturated carbocycles. The Kier molecular flexibility index (Phi) is 14.8. The Bertz CT molecular complexity index is 1810. The Morgan fingerprint density at radius 2 is 1.38 bits per heavy atom. The molecule has 0 spiro atoms. The molecule has 0 aliphatic heterocycles. The number of hydrogen-bond acceptors (Lipinski definition) is 5. The largest absolute Gasteiger partial charge is 0.480 e. The van der Waals surface area contributed by atoms with E-state index in [2.05, 4.69) is 15.5 Å². The van der Waals surface area contributed by atoms with Crippen LogP contribution in [0.2, 0.25) is 5.02 Å². The summed E-state index contributed by atoms with van der Waals surface area (Å²) < 4.78 is 0. The van der Waals surface area contributed by atoms with Crippen LogP contribution in [0, 0.1) is 11.8 Å². The molecule has 3 atom stereocenters. The van der Waals surface area contributed by atoms with Crippen LogP contribution < -0.4 is 10.6 Å². The summed E-state index contributed by atoms with van der Waals surface area (Å²) in [6, 6.07) is 27.5. The smallest absolute Gasteiger partial charge is 0.326 e. The van der Waals surface area contributed by atoms with Crippen molar-refractivity contribution in [1.29, 1.82) is 0 Å². The molecule has 0 radical (unpaired) electrons. The molecule has 4 aromatic carbocycles. The quantitative estimate of drug-likeness (QED) is 0.110. The average molecular weight is 727 g/mol. The Balaban J connectivity index is 1.68. The SMILES string of the molecule is CC(C)CC(C(=O)NC(Cc1cccc2ccccc12)C(=O)NC(C(=O)O)C(C)C)N(CCN(C)Cc1ccccc1)C(=O)Cc1ccccc1Cl. The van der Waals surface area contributed by atoms with Gasteiger partial charge in [0, 0.05) is 31.1 Å². The van der Waals surface area contributed by atoms with Crippen molar-refractivity contribution in [3.63, 3.8) is 0 Å². The molecule has 3 N–H and O–H groups in total. The van der Waals surface area contributed by atoms with Crippen LogP contribution in [0.3, 0.4) is 0 Å². The van der Waals surface area contributed by atoms with Gasteiger partial charge in [-0.2, -0.15) is 0 Å². The molecular formula is C42H51ClN4O5. The fourth-order valence-corrected chi connectivity index (χ4v) is 6.57. The molecule has 10 heteroatoms. The standard InChI is InChI=1S/C42H51ClN4O5/c1-28(2)24-37(47(38(48)26-33-17-10-12-21-35(33)43)23-22-46(5)27-30-14-7-6-8-15-30)41(50)44-36(40(49)45-39(29(3)4)42(51)52)25-32-19-13-18-31-16-9-11-20-34(31)32/h6-21,28-29,36-37,39H,22-27H2,1-5H3,(H,44,50)(H,45,49)(H,51,52). The maximum Gasteiger partial charge on any atom is 0.326 e. The molecule has 0 heterocycles. The zero-order valence-electron chi connectivity index (χ0n) is 30.7. The third-order valence-electron chi connectivity index (χ3n) is 9.18. The van der Waals surface area contributed by atoms with Crippen LogP contribution in [0.1, 0.15) is 50.8 Å². The van der Waals surface area contributed by atoms with Crippen molar-refractivity contribution >= 4 is 46.1 Å². The zero-order valence-corrected chi connectivity index (χ0v) is 31.5. The van der Waals surface area contributed by atoms with Gasteiger partial charge in [-0.3, -0.25) is 14.4 Å². The highest BCUT2D eigenvalue weighted by Crippen LogP contribution is 2.22.